The quantitative estimate of drug-likeness (QED) is 0.369. The molecule has 1 N–H and O–H groups in total. The Labute approximate surface area is 158 Å². The summed E-state index contributed by atoms with van der Waals surface area (Å²) in [5.41, 5.74) is 0.793. The van der Waals surface area contributed by atoms with E-state index in [1.807, 2.05) is 0 Å². The normalized spacial score (nSPS) is 15.6. The van der Waals surface area contributed by atoms with Crippen molar-refractivity contribution in [2.45, 2.75) is 0 Å². The number of para-hydroxylation sites is 1. The highest BCUT2D eigenvalue weighted by Crippen LogP contribution is 2.38. The molecule has 26 heavy (non-hydrogen) atoms. The Hall–Kier alpha value is -2.91. The Kier molecular flexibility index (Phi) is 4.92. The lowest BCUT2D eigenvalue weighted by atomic mass is 10.1. The molecule has 3 rings (SSSR count). The lowest BCUT2D eigenvalue weighted by Crippen LogP contribution is -2.27. The Morgan fingerprint density at radius 2 is 1.96 bits per heavy atom. The number of phenols is 1. The lowest BCUT2D eigenvalue weighted by Gasteiger charge is -2.14. The van der Waals surface area contributed by atoms with Crippen molar-refractivity contribution in [3.8, 4) is 11.5 Å². The van der Waals surface area contributed by atoms with Crippen molar-refractivity contribution < 1.29 is 19.6 Å². The van der Waals surface area contributed by atoms with Gasteiger partial charge in [0.1, 0.15) is 0 Å². The first-order valence-electron chi connectivity index (χ1n) is 7.30. The molecule has 1 heterocycles. The zero-order valence-corrected chi connectivity index (χ0v) is 15.0. The SMILES string of the molecule is COc1cccc(C=C2SC(=S)N(c3ccc([N+](=O)[O-])cc3)C2=O)c1O. The number of aromatic hydroxyl groups is 1. The largest absolute Gasteiger partial charge is 0.504 e. The second-order valence-corrected chi connectivity index (χ2v) is 6.86. The number of hydrogen-bond donors (Lipinski definition) is 1. The van der Waals surface area contributed by atoms with Crippen molar-refractivity contribution >= 4 is 51.7 Å². The molecule has 1 amide bonds. The molecule has 9 heteroatoms. The fourth-order valence-corrected chi connectivity index (χ4v) is 3.67. The number of phenolic OH excluding ortho intramolecular Hbond substituents is 1. The molecule has 132 valence electrons. The predicted molar refractivity (Wildman–Crippen MR) is 103 cm³/mol. The third kappa shape index (κ3) is 3.26. The highest BCUT2D eigenvalue weighted by molar-refractivity contribution is 8.27. The number of benzene rings is 2. The van der Waals surface area contributed by atoms with Crippen molar-refractivity contribution in [1.82, 2.24) is 0 Å². The molecule has 1 aliphatic heterocycles. The standard InChI is InChI=1S/C17H12N2O5S2/c1-24-13-4-2-3-10(15(13)20)9-14-16(21)18(17(25)26-14)11-5-7-12(8-6-11)19(22)23/h2-9,20H,1H3. The van der Waals surface area contributed by atoms with Gasteiger partial charge in [0.2, 0.25) is 0 Å². The van der Waals surface area contributed by atoms with Crippen LogP contribution in [0.1, 0.15) is 5.56 Å². The molecule has 0 unspecified atom stereocenters. The van der Waals surface area contributed by atoms with Gasteiger partial charge in [-0.1, -0.05) is 36.1 Å². The number of non-ortho nitro benzene ring substituents is 1. The number of carbonyl (C=O) groups excluding carboxylic acids is 1. The van der Waals surface area contributed by atoms with Crippen molar-refractivity contribution in [1.29, 1.82) is 0 Å². The van der Waals surface area contributed by atoms with Crippen LogP contribution in [0.5, 0.6) is 11.5 Å². The summed E-state index contributed by atoms with van der Waals surface area (Å²) in [7, 11) is 1.44. The number of nitrogens with zero attached hydrogens (tertiary/aromatic N) is 2. The van der Waals surface area contributed by atoms with E-state index in [0.29, 0.717) is 26.2 Å². The van der Waals surface area contributed by atoms with Crippen LogP contribution in [0.2, 0.25) is 0 Å². The number of carbonyl (C=O) groups is 1. The number of methoxy groups -OCH3 is 1. The molecule has 0 bridgehead atoms. The molecular weight excluding hydrogens is 376 g/mol. The molecule has 0 atom stereocenters. The smallest absolute Gasteiger partial charge is 0.270 e. The Bertz CT molecular complexity index is 941. The van der Waals surface area contributed by atoms with Gasteiger partial charge in [-0.05, 0) is 24.3 Å². The van der Waals surface area contributed by atoms with Crippen molar-refractivity contribution in [3.05, 3.63) is 63.0 Å². The molecule has 0 aromatic heterocycles. The number of hydrogen-bond acceptors (Lipinski definition) is 7. The topological polar surface area (TPSA) is 92.9 Å². The average molecular weight is 388 g/mol. The van der Waals surface area contributed by atoms with E-state index in [1.165, 1.54) is 42.4 Å². The van der Waals surface area contributed by atoms with Gasteiger partial charge in [0.25, 0.3) is 11.6 Å². The van der Waals surface area contributed by atoms with Crippen LogP contribution < -0.4 is 9.64 Å². The molecule has 2 aromatic carbocycles. The van der Waals surface area contributed by atoms with Gasteiger partial charge in [-0.3, -0.25) is 19.8 Å². The van der Waals surface area contributed by atoms with E-state index in [4.69, 9.17) is 17.0 Å². The maximum Gasteiger partial charge on any atom is 0.270 e. The van der Waals surface area contributed by atoms with Crippen molar-refractivity contribution in [2.75, 3.05) is 12.0 Å². The van der Waals surface area contributed by atoms with Gasteiger partial charge in [-0.2, -0.15) is 0 Å². The first kappa shape index (κ1) is 17.9. The molecule has 0 radical (unpaired) electrons. The third-order valence-electron chi connectivity index (χ3n) is 3.65. The fourth-order valence-electron chi connectivity index (χ4n) is 2.38. The van der Waals surface area contributed by atoms with E-state index in [2.05, 4.69) is 0 Å². The van der Waals surface area contributed by atoms with Crippen LogP contribution in [0.15, 0.2) is 47.4 Å². The number of nitro groups is 1. The Balaban J connectivity index is 1.93. The molecule has 2 aromatic rings. The summed E-state index contributed by atoms with van der Waals surface area (Å²) in [6.45, 7) is 0. The van der Waals surface area contributed by atoms with E-state index >= 15 is 0 Å². The monoisotopic (exact) mass is 388 g/mol. The number of rotatable bonds is 4. The summed E-state index contributed by atoms with van der Waals surface area (Å²) in [6.07, 6.45) is 1.53. The third-order valence-corrected chi connectivity index (χ3v) is 4.95. The zero-order valence-electron chi connectivity index (χ0n) is 13.4. The van der Waals surface area contributed by atoms with Crippen LogP contribution in [0.25, 0.3) is 6.08 Å². The number of nitro benzene ring substituents is 1. The van der Waals surface area contributed by atoms with Crippen LogP contribution >= 0.6 is 24.0 Å². The molecule has 7 nitrogen and oxygen atoms in total. The lowest BCUT2D eigenvalue weighted by molar-refractivity contribution is -0.384. The minimum Gasteiger partial charge on any atom is -0.504 e. The average Bonchev–Trinajstić information content (AvgIpc) is 2.90. The summed E-state index contributed by atoms with van der Waals surface area (Å²) in [5, 5.41) is 20.9. The van der Waals surface area contributed by atoms with Gasteiger partial charge >= 0.3 is 0 Å². The van der Waals surface area contributed by atoms with Crippen LogP contribution in [0.3, 0.4) is 0 Å². The van der Waals surface area contributed by atoms with Gasteiger partial charge in [-0.25, -0.2) is 0 Å². The molecule has 0 saturated carbocycles. The van der Waals surface area contributed by atoms with E-state index in [0.717, 1.165) is 11.8 Å². The van der Waals surface area contributed by atoms with Crippen LogP contribution in [-0.2, 0) is 4.79 Å². The fraction of sp³-hybridized carbons (Fsp3) is 0.0588. The Morgan fingerprint density at radius 3 is 2.58 bits per heavy atom. The van der Waals surface area contributed by atoms with Crippen molar-refractivity contribution in [3.63, 3.8) is 0 Å². The summed E-state index contributed by atoms with van der Waals surface area (Å²) < 4.78 is 5.36. The van der Waals surface area contributed by atoms with Gasteiger partial charge in [0.05, 0.1) is 22.6 Å². The van der Waals surface area contributed by atoms with Gasteiger partial charge in [0.15, 0.2) is 15.8 Å². The first-order chi connectivity index (χ1) is 12.4. The molecule has 0 spiro atoms. The minimum atomic E-state index is -0.514. The molecule has 1 saturated heterocycles. The first-order valence-corrected chi connectivity index (χ1v) is 8.53. The second kappa shape index (κ2) is 7.14. The summed E-state index contributed by atoms with van der Waals surface area (Å²) >= 11 is 6.35. The highest BCUT2D eigenvalue weighted by atomic mass is 32.2. The van der Waals surface area contributed by atoms with E-state index < -0.39 is 4.92 Å². The number of thiocarbonyl (C=S) groups is 1. The maximum atomic E-state index is 12.7. The van der Waals surface area contributed by atoms with Crippen LogP contribution in [0, 0.1) is 10.1 Å². The number of amides is 1. The second-order valence-electron chi connectivity index (χ2n) is 5.19. The number of thioether (sulfide) groups is 1. The molecule has 1 aliphatic rings. The van der Waals surface area contributed by atoms with Gasteiger partial charge < -0.3 is 9.84 Å². The molecule has 0 aliphatic carbocycles. The molecule has 1 fully saturated rings. The Morgan fingerprint density at radius 1 is 1.27 bits per heavy atom. The predicted octanol–water partition coefficient (Wildman–Crippen LogP) is 3.71. The zero-order chi connectivity index (χ0) is 18.8. The van der Waals surface area contributed by atoms with Crippen LogP contribution in [-0.4, -0.2) is 27.4 Å². The van der Waals surface area contributed by atoms with Crippen molar-refractivity contribution in [2.24, 2.45) is 0 Å². The van der Waals surface area contributed by atoms with Gasteiger partial charge in [0, 0.05) is 17.7 Å². The molecular formula is C17H12N2O5S2. The van der Waals surface area contributed by atoms with Crippen LogP contribution in [0.4, 0.5) is 11.4 Å². The summed E-state index contributed by atoms with van der Waals surface area (Å²) in [5.74, 6) is -0.142. The summed E-state index contributed by atoms with van der Waals surface area (Å²) in [6, 6.07) is 10.5. The van der Waals surface area contributed by atoms with E-state index in [1.54, 1.807) is 18.2 Å². The minimum absolute atomic E-state index is 0.0731. The van der Waals surface area contributed by atoms with E-state index in [9.17, 15) is 20.0 Å². The number of ether oxygens (including phenoxy) is 1. The highest BCUT2D eigenvalue weighted by Gasteiger charge is 2.33. The maximum absolute atomic E-state index is 12.7. The summed E-state index contributed by atoms with van der Waals surface area (Å²) in [4.78, 5) is 24.6. The van der Waals surface area contributed by atoms with Gasteiger partial charge in [-0.15, -0.1) is 0 Å². The van der Waals surface area contributed by atoms with E-state index in [-0.39, 0.29) is 17.3 Å². The number of anilines is 1.